The van der Waals surface area contributed by atoms with E-state index in [4.69, 9.17) is 5.21 Å². The van der Waals surface area contributed by atoms with Crippen LogP contribution < -0.4 is 10.8 Å². The second kappa shape index (κ2) is 8.61. The molecule has 2 atom stereocenters. The molecule has 6 heteroatoms. The molecule has 1 heterocycles. The van der Waals surface area contributed by atoms with E-state index in [1.54, 1.807) is 11.6 Å². The molecule has 150 valence electrons. The normalized spacial score (nSPS) is 17.0. The van der Waals surface area contributed by atoms with Crippen molar-refractivity contribution in [2.45, 2.75) is 31.3 Å². The maximum Gasteiger partial charge on any atom is 0.267 e. The minimum Gasteiger partial charge on any atom is -0.395 e. The standard InChI is InChI=1S/C23H25N3O3/c27-14-18(12-17-13-24-21-4-2-1-3-19(17)21)25-22-9-7-16-11-15(5-8-20(16)22)6-10-23(28)26-29/h1-6,8,10-11,13,18,22,24-25,27,29H,7,9,12,14H2,(H,26,28)/t18-,22+/m1/s1. The maximum atomic E-state index is 11.2. The largest absolute Gasteiger partial charge is 0.395 e. The number of carbonyl (C=O) groups is 1. The number of hydrogen-bond acceptors (Lipinski definition) is 4. The van der Waals surface area contributed by atoms with Crippen LogP contribution in [0.15, 0.2) is 54.7 Å². The van der Waals surface area contributed by atoms with E-state index in [0.29, 0.717) is 0 Å². The van der Waals surface area contributed by atoms with E-state index in [1.807, 2.05) is 24.4 Å². The Kier molecular flexibility index (Phi) is 5.76. The van der Waals surface area contributed by atoms with Gasteiger partial charge in [-0.15, -0.1) is 0 Å². The number of benzene rings is 2. The molecule has 0 aliphatic heterocycles. The first-order chi connectivity index (χ1) is 14.2. The number of carbonyl (C=O) groups excluding carboxylic acids is 1. The fourth-order valence-corrected chi connectivity index (χ4v) is 4.15. The van der Waals surface area contributed by atoms with Gasteiger partial charge in [-0.25, -0.2) is 5.48 Å². The Morgan fingerprint density at radius 3 is 2.97 bits per heavy atom. The van der Waals surface area contributed by atoms with E-state index >= 15 is 0 Å². The zero-order chi connectivity index (χ0) is 20.2. The first-order valence-electron chi connectivity index (χ1n) is 9.85. The average Bonchev–Trinajstić information content (AvgIpc) is 3.35. The molecule has 3 aromatic rings. The van der Waals surface area contributed by atoms with Crippen LogP contribution in [-0.2, 0) is 17.6 Å². The number of para-hydroxylation sites is 1. The van der Waals surface area contributed by atoms with Gasteiger partial charge in [0.25, 0.3) is 5.91 Å². The molecule has 0 saturated heterocycles. The minimum atomic E-state index is -0.548. The zero-order valence-electron chi connectivity index (χ0n) is 16.1. The molecule has 1 aliphatic carbocycles. The van der Waals surface area contributed by atoms with Crippen LogP contribution in [0, 0.1) is 0 Å². The SMILES string of the molecule is O=C(C=Cc1ccc2c(c1)CC[C@@H]2N[C@@H](CO)Cc1c[nH]c2ccccc12)NO. The van der Waals surface area contributed by atoms with E-state index in [1.165, 1.54) is 28.2 Å². The number of aromatic amines is 1. The van der Waals surface area contributed by atoms with Crippen molar-refractivity contribution in [2.24, 2.45) is 0 Å². The number of hydrogen-bond donors (Lipinski definition) is 5. The summed E-state index contributed by atoms with van der Waals surface area (Å²) in [7, 11) is 0. The maximum absolute atomic E-state index is 11.2. The highest BCUT2D eigenvalue weighted by Gasteiger charge is 2.25. The summed E-state index contributed by atoms with van der Waals surface area (Å²) in [5, 5.41) is 23.4. The number of aryl methyl sites for hydroxylation is 1. The van der Waals surface area contributed by atoms with Crippen LogP contribution in [0.3, 0.4) is 0 Å². The van der Waals surface area contributed by atoms with Crippen molar-refractivity contribution in [2.75, 3.05) is 6.61 Å². The average molecular weight is 391 g/mol. The molecule has 1 aliphatic rings. The van der Waals surface area contributed by atoms with Gasteiger partial charge >= 0.3 is 0 Å². The number of rotatable bonds is 7. The summed E-state index contributed by atoms with van der Waals surface area (Å²) in [6.07, 6.45) is 7.69. The lowest BCUT2D eigenvalue weighted by Crippen LogP contribution is -2.36. The predicted octanol–water partition coefficient (Wildman–Crippen LogP) is 2.87. The number of aliphatic hydroxyl groups is 1. The fraction of sp³-hybridized carbons (Fsp3) is 0.261. The van der Waals surface area contributed by atoms with Crippen LogP contribution in [-0.4, -0.2) is 33.9 Å². The second-order valence-electron chi connectivity index (χ2n) is 7.47. The summed E-state index contributed by atoms with van der Waals surface area (Å²) in [6, 6.07) is 14.5. The summed E-state index contributed by atoms with van der Waals surface area (Å²) in [6.45, 7) is 0.0719. The number of nitrogens with one attached hydrogen (secondary N) is 3. The number of hydroxylamine groups is 1. The molecular weight excluding hydrogens is 366 g/mol. The topological polar surface area (TPSA) is 97.4 Å². The number of H-pyrrole nitrogens is 1. The Morgan fingerprint density at radius 2 is 2.14 bits per heavy atom. The highest BCUT2D eigenvalue weighted by molar-refractivity contribution is 5.90. The van der Waals surface area contributed by atoms with Gasteiger partial charge in [0, 0.05) is 35.3 Å². The summed E-state index contributed by atoms with van der Waals surface area (Å²) < 4.78 is 0. The molecule has 0 fully saturated rings. The van der Waals surface area contributed by atoms with Gasteiger partial charge < -0.3 is 15.4 Å². The Balaban J connectivity index is 1.46. The minimum absolute atomic E-state index is 0.0296. The molecule has 0 unspecified atom stereocenters. The molecule has 0 radical (unpaired) electrons. The lowest BCUT2D eigenvalue weighted by atomic mass is 10.0. The van der Waals surface area contributed by atoms with Crippen molar-refractivity contribution in [1.29, 1.82) is 0 Å². The van der Waals surface area contributed by atoms with Gasteiger partial charge in [-0.3, -0.25) is 10.0 Å². The quantitative estimate of drug-likeness (QED) is 0.243. The van der Waals surface area contributed by atoms with E-state index in [9.17, 15) is 9.90 Å². The van der Waals surface area contributed by atoms with Gasteiger partial charge in [-0.1, -0.05) is 36.4 Å². The molecule has 0 spiro atoms. The Bertz CT molecular complexity index is 1040. The highest BCUT2D eigenvalue weighted by atomic mass is 16.5. The molecule has 5 N–H and O–H groups in total. The van der Waals surface area contributed by atoms with Crippen molar-refractivity contribution in [3.63, 3.8) is 0 Å². The van der Waals surface area contributed by atoms with Gasteiger partial charge in [-0.2, -0.15) is 0 Å². The third-order valence-corrected chi connectivity index (χ3v) is 5.58. The molecule has 4 rings (SSSR count). The predicted molar refractivity (Wildman–Crippen MR) is 112 cm³/mol. The van der Waals surface area contributed by atoms with Gasteiger partial charge in [0.2, 0.25) is 0 Å². The van der Waals surface area contributed by atoms with Crippen LogP contribution in [0.4, 0.5) is 0 Å². The Hall–Kier alpha value is -2.93. The van der Waals surface area contributed by atoms with E-state index in [-0.39, 0.29) is 18.7 Å². The van der Waals surface area contributed by atoms with Crippen LogP contribution >= 0.6 is 0 Å². The third kappa shape index (κ3) is 4.24. The molecular formula is C23H25N3O3. The van der Waals surface area contributed by atoms with Gasteiger partial charge in [-0.05, 0) is 53.7 Å². The van der Waals surface area contributed by atoms with E-state index in [2.05, 4.69) is 34.6 Å². The highest BCUT2D eigenvalue weighted by Crippen LogP contribution is 2.33. The smallest absolute Gasteiger partial charge is 0.267 e. The van der Waals surface area contributed by atoms with E-state index in [0.717, 1.165) is 30.3 Å². The van der Waals surface area contributed by atoms with Crippen LogP contribution in [0.2, 0.25) is 0 Å². The molecule has 29 heavy (non-hydrogen) atoms. The summed E-state index contributed by atoms with van der Waals surface area (Å²) in [5.41, 5.74) is 7.32. The molecule has 2 aromatic carbocycles. The third-order valence-electron chi connectivity index (χ3n) is 5.58. The number of amides is 1. The van der Waals surface area contributed by atoms with Crippen molar-refractivity contribution in [3.8, 4) is 0 Å². The molecule has 6 nitrogen and oxygen atoms in total. The lowest BCUT2D eigenvalue weighted by Gasteiger charge is -2.22. The molecule has 0 bridgehead atoms. The van der Waals surface area contributed by atoms with Gasteiger partial charge in [0.15, 0.2) is 0 Å². The monoisotopic (exact) mass is 391 g/mol. The first kappa shape index (κ1) is 19.4. The van der Waals surface area contributed by atoms with E-state index < -0.39 is 5.91 Å². The van der Waals surface area contributed by atoms with Crippen LogP contribution in [0.25, 0.3) is 17.0 Å². The van der Waals surface area contributed by atoms with Crippen molar-refractivity contribution < 1.29 is 15.1 Å². The van der Waals surface area contributed by atoms with Crippen molar-refractivity contribution >= 4 is 22.9 Å². The van der Waals surface area contributed by atoms with Crippen molar-refractivity contribution in [1.82, 2.24) is 15.8 Å². The fourth-order valence-electron chi connectivity index (χ4n) is 4.15. The van der Waals surface area contributed by atoms with Gasteiger partial charge in [0.05, 0.1) is 6.61 Å². The van der Waals surface area contributed by atoms with Crippen LogP contribution in [0.5, 0.6) is 0 Å². The molecule has 1 aromatic heterocycles. The summed E-state index contributed by atoms with van der Waals surface area (Å²) in [4.78, 5) is 14.5. The molecule has 0 saturated carbocycles. The Labute approximate surface area is 169 Å². The lowest BCUT2D eigenvalue weighted by molar-refractivity contribution is -0.124. The molecule has 1 amide bonds. The van der Waals surface area contributed by atoms with Crippen molar-refractivity contribution in [3.05, 3.63) is 77.0 Å². The van der Waals surface area contributed by atoms with Crippen LogP contribution in [0.1, 0.15) is 34.7 Å². The second-order valence-corrected chi connectivity index (χ2v) is 7.47. The summed E-state index contributed by atoms with van der Waals surface area (Å²) >= 11 is 0. The first-order valence-corrected chi connectivity index (χ1v) is 9.85. The summed E-state index contributed by atoms with van der Waals surface area (Å²) in [5.74, 6) is -0.548. The van der Waals surface area contributed by atoms with Gasteiger partial charge in [0.1, 0.15) is 0 Å². The number of fused-ring (bicyclic) bond motifs is 2. The number of aliphatic hydroxyl groups excluding tert-OH is 1. The Morgan fingerprint density at radius 1 is 1.28 bits per heavy atom. The number of aromatic nitrogens is 1. The zero-order valence-corrected chi connectivity index (χ0v) is 16.1.